The highest BCUT2D eigenvalue weighted by atomic mass is 32.1. The van der Waals surface area contributed by atoms with Gasteiger partial charge in [-0.05, 0) is 13.3 Å². The summed E-state index contributed by atoms with van der Waals surface area (Å²) in [5.41, 5.74) is 5.05. The van der Waals surface area contributed by atoms with Gasteiger partial charge in [0.1, 0.15) is 0 Å². The summed E-state index contributed by atoms with van der Waals surface area (Å²) in [5.74, 6) is -0.621. The Morgan fingerprint density at radius 3 is 2.43 bits per heavy atom. The van der Waals surface area contributed by atoms with Gasteiger partial charge < -0.3 is 10.6 Å². The summed E-state index contributed by atoms with van der Waals surface area (Å²) >= 11 is 4.03. The van der Waals surface area contributed by atoms with Crippen LogP contribution < -0.4 is 5.73 Å². The Bertz CT molecular complexity index is 207. The number of rotatable bonds is 6. The molecule has 1 unspecified atom stereocenters. The average Bonchev–Trinajstić information content (AvgIpc) is 2.10. The van der Waals surface area contributed by atoms with Gasteiger partial charge in [0.2, 0.25) is 11.8 Å². The van der Waals surface area contributed by atoms with Crippen LogP contribution in [0.4, 0.5) is 0 Å². The van der Waals surface area contributed by atoms with Crippen molar-refractivity contribution in [2.24, 2.45) is 5.73 Å². The van der Waals surface area contributed by atoms with Crippen LogP contribution in [0.1, 0.15) is 26.7 Å². The Morgan fingerprint density at radius 1 is 1.50 bits per heavy atom. The molecule has 0 saturated carbocycles. The predicted molar refractivity (Wildman–Crippen MR) is 59.1 cm³/mol. The van der Waals surface area contributed by atoms with Gasteiger partial charge in [-0.3, -0.25) is 9.59 Å². The topological polar surface area (TPSA) is 63.4 Å². The fourth-order valence-corrected chi connectivity index (χ4v) is 1.23. The quantitative estimate of drug-likeness (QED) is 0.635. The monoisotopic (exact) mass is 218 g/mol. The van der Waals surface area contributed by atoms with E-state index in [1.54, 1.807) is 6.92 Å². The molecule has 4 nitrogen and oxygen atoms in total. The standard InChI is InChI=1S/C9H18N2O2S/c1-3-4-5-11(6-8(10)12)9(13)7(2)14/h7,14H,3-6H2,1-2H3,(H2,10,12). The molecule has 0 fully saturated rings. The maximum atomic E-state index is 11.5. The van der Waals surface area contributed by atoms with E-state index in [-0.39, 0.29) is 17.7 Å². The second kappa shape index (κ2) is 6.70. The first kappa shape index (κ1) is 13.3. The van der Waals surface area contributed by atoms with Crippen LogP contribution in [-0.4, -0.2) is 35.1 Å². The normalized spacial score (nSPS) is 12.2. The van der Waals surface area contributed by atoms with Gasteiger partial charge in [0.05, 0.1) is 11.8 Å². The van der Waals surface area contributed by atoms with Crippen LogP contribution in [0, 0.1) is 0 Å². The van der Waals surface area contributed by atoms with Crippen LogP contribution in [0.15, 0.2) is 0 Å². The van der Waals surface area contributed by atoms with Crippen molar-refractivity contribution in [2.75, 3.05) is 13.1 Å². The first-order chi connectivity index (χ1) is 6.49. The highest BCUT2D eigenvalue weighted by Crippen LogP contribution is 2.03. The van der Waals surface area contributed by atoms with Crippen LogP contribution in [0.5, 0.6) is 0 Å². The van der Waals surface area contributed by atoms with Crippen LogP contribution in [-0.2, 0) is 9.59 Å². The lowest BCUT2D eigenvalue weighted by molar-refractivity contribution is -0.134. The van der Waals surface area contributed by atoms with Crippen molar-refractivity contribution in [1.82, 2.24) is 4.90 Å². The number of primary amides is 1. The maximum absolute atomic E-state index is 11.5. The van der Waals surface area contributed by atoms with E-state index in [9.17, 15) is 9.59 Å². The lowest BCUT2D eigenvalue weighted by Crippen LogP contribution is -2.42. The molecule has 0 spiro atoms. The number of carbonyl (C=O) groups excluding carboxylic acids is 2. The van der Waals surface area contributed by atoms with Gasteiger partial charge in [0, 0.05) is 6.54 Å². The number of thiol groups is 1. The Labute approximate surface area is 90.2 Å². The van der Waals surface area contributed by atoms with Crippen LogP contribution in [0.25, 0.3) is 0 Å². The molecule has 0 aromatic rings. The van der Waals surface area contributed by atoms with Crippen molar-refractivity contribution in [1.29, 1.82) is 0 Å². The second-order valence-electron chi connectivity index (χ2n) is 3.26. The predicted octanol–water partition coefficient (Wildman–Crippen LogP) is 0.419. The van der Waals surface area contributed by atoms with Gasteiger partial charge in [-0.25, -0.2) is 0 Å². The lowest BCUT2D eigenvalue weighted by atomic mass is 10.3. The number of carbonyl (C=O) groups is 2. The lowest BCUT2D eigenvalue weighted by Gasteiger charge is -2.22. The summed E-state index contributed by atoms with van der Waals surface area (Å²) in [6.07, 6.45) is 1.85. The minimum atomic E-state index is -0.483. The van der Waals surface area contributed by atoms with Gasteiger partial charge in [-0.2, -0.15) is 12.6 Å². The van der Waals surface area contributed by atoms with Gasteiger partial charge >= 0.3 is 0 Å². The number of nitrogens with zero attached hydrogens (tertiary/aromatic N) is 1. The number of hydrogen-bond acceptors (Lipinski definition) is 3. The molecule has 14 heavy (non-hydrogen) atoms. The maximum Gasteiger partial charge on any atom is 0.237 e. The van der Waals surface area contributed by atoms with E-state index >= 15 is 0 Å². The molecule has 5 heteroatoms. The number of unbranched alkanes of at least 4 members (excludes halogenated alkanes) is 1. The van der Waals surface area contributed by atoms with Crippen LogP contribution in [0.3, 0.4) is 0 Å². The SMILES string of the molecule is CCCCN(CC(N)=O)C(=O)C(C)S. The number of hydrogen-bond donors (Lipinski definition) is 2. The fraction of sp³-hybridized carbons (Fsp3) is 0.778. The first-order valence-electron chi connectivity index (χ1n) is 4.74. The molecule has 0 radical (unpaired) electrons. The summed E-state index contributed by atoms with van der Waals surface area (Å²) in [6, 6.07) is 0. The summed E-state index contributed by atoms with van der Waals surface area (Å²) in [6.45, 7) is 4.27. The minimum absolute atomic E-state index is 0.0102. The second-order valence-corrected chi connectivity index (χ2v) is 4.03. The Balaban J connectivity index is 4.22. The molecule has 0 heterocycles. The van der Waals surface area contributed by atoms with Gasteiger partial charge in [-0.15, -0.1) is 0 Å². The highest BCUT2D eigenvalue weighted by molar-refractivity contribution is 7.81. The number of nitrogens with two attached hydrogens (primary N) is 1. The first-order valence-corrected chi connectivity index (χ1v) is 5.25. The minimum Gasteiger partial charge on any atom is -0.368 e. The summed E-state index contributed by atoms with van der Waals surface area (Å²) in [7, 11) is 0. The van der Waals surface area contributed by atoms with Gasteiger partial charge in [0.25, 0.3) is 0 Å². The van der Waals surface area contributed by atoms with E-state index in [0.717, 1.165) is 12.8 Å². The summed E-state index contributed by atoms with van der Waals surface area (Å²) in [4.78, 5) is 23.7. The average molecular weight is 218 g/mol. The van der Waals surface area contributed by atoms with Crippen molar-refractivity contribution < 1.29 is 9.59 Å². The summed E-state index contributed by atoms with van der Waals surface area (Å²) in [5, 5.41) is -0.383. The molecule has 0 aliphatic carbocycles. The van der Waals surface area contributed by atoms with E-state index < -0.39 is 5.91 Å². The molecule has 2 amide bonds. The molecule has 0 bridgehead atoms. The third-order valence-electron chi connectivity index (χ3n) is 1.80. The molecule has 82 valence electrons. The van der Waals surface area contributed by atoms with Crippen LogP contribution in [0.2, 0.25) is 0 Å². The molecule has 0 aliphatic rings. The molecule has 0 saturated heterocycles. The smallest absolute Gasteiger partial charge is 0.237 e. The molecule has 0 rings (SSSR count). The molecule has 0 aromatic carbocycles. The largest absolute Gasteiger partial charge is 0.368 e. The molecule has 0 aliphatic heterocycles. The summed E-state index contributed by atoms with van der Waals surface area (Å²) < 4.78 is 0. The van der Waals surface area contributed by atoms with Gasteiger partial charge in [-0.1, -0.05) is 13.3 Å². The zero-order valence-electron chi connectivity index (χ0n) is 8.69. The van der Waals surface area contributed by atoms with Crippen molar-refractivity contribution in [3.05, 3.63) is 0 Å². The van der Waals surface area contributed by atoms with E-state index in [1.165, 1.54) is 4.90 Å². The molecule has 0 aromatic heterocycles. The van der Waals surface area contributed by atoms with E-state index in [1.807, 2.05) is 6.92 Å². The van der Waals surface area contributed by atoms with E-state index in [4.69, 9.17) is 5.73 Å². The van der Waals surface area contributed by atoms with Crippen molar-refractivity contribution in [3.63, 3.8) is 0 Å². The highest BCUT2D eigenvalue weighted by Gasteiger charge is 2.18. The van der Waals surface area contributed by atoms with E-state index in [0.29, 0.717) is 6.54 Å². The third-order valence-corrected chi connectivity index (χ3v) is 2.02. The zero-order chi connectivity index (χ0) is 11.1. The Kier molecular flexibility index (Phi) is 6.36. The van der Waals surface area contributed by atoms with Crippen molar-refractivity contribution in [2.45, 2.75) is 31.9 Å². The zero-order valence-corrected chi connectivity index (χ0v) is 9.59. The Morgan fingerprint density at radius 2 is 2.07 bits per heavy atom. The van der Waals surface area contributed by atoms with Crippen LogP contribution >= 0.6 is 12.6 Å². The van der Waals surface area contributed by atoms with Crippen molar-refractivity contribution >= 4 is 24.4 Å². The van der Waals surface area contributed by atoms with Crippen molar-refractivity contribution in [3.8, 4) is 0 Å². The molecular formula is C9H18N2O2S. The molecule has 1 atom stereocenters. The Hall–Kier alpha value is -0.710. The number of amides is 2. The fourth-order valence-electron chi connectivity index (χ4n) is 1.07. The van der Waals surface area contributed by atoms with E-state index in [2.05, 4.69) is 12.6 Å². The third kappa shape index (κ3) is 5.11. The molecular weight excluding hydrogens is 200 g/mol. The molecule has 2 N–H and O–H groups in total. The van der Waals surface area contributed by atoms with Gasteiger partial charge in [0.15, 0.2) is 0 Å².